The van der Waals surface area contributed by atoms with E-state index >= 15 is 0 Å². The Morgan fingerprint density at radius 3 is 3.00 bits per heavy atom. The molecular formula is C15H21N5O. The Bertz CT molecular complexity index is 711. The number of likely N-dealkylation sites (N-methyl/N-ethyl adjacent to an activating group) is 1. The quantitative estimate of drug-likeness (QED) is 0.766. The van der Waals surface area contributed by atoms with E-state index in [4.69, 9.17) is 5.73 Å². The van der Waals surface area contributed by atoms with Crippen LogP contribution in [0.15, 0.2) is 23.3 Å². The van der Waals surface area contributed by atoms with E-state index in [1.165, 1.54) is 6.33 Å². The van der Waals surface area contributed by atoms with E-state index in [1.807, 2.05) is 6.07 Å². The van der Waals surface area contributed by atoms with E-state index < -0.39 is 0 Å². The van der Waals surface area contributed by atoms with Crippen molar-refractivity contribution in [2.75, 3.05) is 37.3 Å². The van der Waals surface area contributed by atoms with Crippen molar-refractivity contribution in [2.24, 2.45) is 0 Å². The molecule has 0 bridgehead atoms. The summed E-state index contributed by atoms with van der Waals surface area (Å²) in [7, 11) is 2.14. The monoisotopic (exact) mass is 287 g/mol. The van der Waals surface area contributed by atoms with E-state index in [0.717, 1.165) is 31.7 Å². The van der Waals surface area contributed by atoms with Crippen LogP contribution in [0.5, 0.6) is 0 Å². The van der Waals surface area contributed by atoms with Gasteiger partial charge in [0.1, 0.15) is 0 Å². The molecule has 1 aliphatic heterocycles. The van der Waals surface area contributed by atoms with Crippen molar-refractivity contribution in [2.45, 2.75) is 19.4 Å². The van der Waals surface area contributed by atoms with E-state index in [2.05, 4.69) is 33.7 Å². The van der Waals surface area contributed by atoms with Crippen LogP contribution in [-0.2, 0) is 0 Å². The van der Waals surface area contributed by atoms with Gasteiger partial charge in [-0.3, -0.25) is 4.79 Å². The summed E-state index contributed by atoms with van der Waals surface area (Å²) in [6, 6.07) is 4.04. The van der Waals surface area contributed by atoms with Crippen LogP contribution < -0.4 is 16.2 Å². The minimum Gasteiger partial charge on any atom is -0.397 e. The number of aromatic nitrogens is 2. The molecule has 21 heavy (non-hydrogen) atoms. The summed E-state index contributed by atoms with van der Waals surface area (Å²) < 4.78 is 0. The van der Waals surface area contributed by atoms with Gasteiger partial charge in [0.15, 0.2) is 0 Å². The molecule has 1 aromatic heterocycles. The van der Waals surface area contributed by atoms with Crippen LogP contribution in [0, 0.1) is 0 Å². The molecule has 0 saturated carbocycles. The first-order valence-corrected chi connectivity index (χ1v) is 7.28. The third-order valence-electron chi connectivity index (χ3n) is 4.15. The maximum absolute atomic E-state index is 11.8. The number of fused-ring (bicyclic) bond motifs is 1. The maximum Gasteiger partial charge on any atom is 0.258 e. The van der Waals surface area contributed by atoms with Crippen LogP contribution in [0.1, 0.15) is 13.3 Å². The Kier molecular flexibility index (Phi) is 3.55. The van der Waals surface area contributed by atoms with Crippen molar-refractivity contribution in [1.82, 2.24) is 14.9 Å². The number of rotatable bonds is 1. The Balaban J connectivity index is 2.07. The number of benzene rings is 1. The van der Waals surface area contributed by atoms with Gasteiger partial charge in [-0.15, -0.1) is 0 Å². The lowest BCUT2D eigenvalue weighted by Crippen LogP contribution is -2.38. The first-order valence-electron chi connectivity index (χ1n) is 7.28. The van der Waals surface area contributed by atoms with Crippen molar-refractivity contribution in [3.8, 4) is 0 Å². The van der Waals surface area contributed by atoms with E-state index in [1.54, 1.807) is 6.07 Å². The molecule has 3 rings (SSSR count). The molecule has 6 nitrogen and oxygen atoms in total. The van der Waals surface area contributed by atoms with Crippen molar-refractivity contribution in [3.05, 3.63) is 28.8 Å². The summed E-state index contributed by atoms with van der Waals surface area (Å²) in [5, 5.41) is 0.540. The predicted molar refractivity (Wildman–Crippen MR) is 85.7 cm³/mol. The molecule has 1 aromatic carbocycles. The Morgan fingerprint density at radius 2 is 2.19 bits per heavy atom. The second kappa shape index (κ2) is 5.37. The summed E-state index contributed by atoms with van der Waals surface area (Å²) in [6.07, 6.45) is 2.53. The molecular weight excluding hydrogens is 266 g/mol. The van der Waals surface area contributed by atoms with Crippen molar-refractivity contribution in [1.29, 1.82) is 0 Å². The highest BCUT2D eigenvalue weighted by Crippen LogP contribution is 2.29. The first kappa shape index (κ1) is 13.9. The van der Waals surface area contributed by atoms with Crippen LogP contribution in [-0.4, -0.2) is 47.6 Å². The summed E-state index contributed by atoms with van der Waals surface area (Å²) in [5.41, 5.74) is 8.35. The third-order valence-corrected chi connectivity index (χ3v) is 4.15. The summed E-state index contributed by atoms with van der Waals surface area (Å²) in [6.45, 7) is 5.26. The second-order valence-corrected chi connectivity index (χ2v) is 5.82. The number of aromatic amines is 1. The SMILES string of the molecule is CC1CN(C)CCCN1c1cc2nc[nH]c(=O)c2cc1N. The largest absolute Gasteiger partial charge is 0.397 e. The van der Waals surface area contributed by atoms with Crippen molar-refractivity contribution >= 4 is 22.3 Å². The molecule has 2 heterocycles. The van der Waals surface area contributed by atoms with E-state index in [9.17, 15) is 4.79 Å². The van der Waals surface area contributed by atoms with Gasteiger partial charge in [0, 0.05) is 19.1 Å². The Hall–Kier alpha value is -2.08. The van der Waals surface area contributed by atoms with Crippen LogP contribution in [0.3, 0.4) is 0 Å². The Morgan fingerprint density at radius 1 is 1.38 bits per heavy atom. The van der Waals surface area contributed by atoms with Gasteiger partial charge in [0.25, 0.3) is 5.56 Å². The van der Waals surface area contributed by atoms with Gasteiger partial charge in [0.05, 0.1) is 28.6 Å². The van der Waals surface area contributed by atoms with E-state index in [0.29, 0.717) is 22.6 Å². The highest BCUT2D eigenvalue weighted by Gasteiger charge is 2.22. The molecule has 1 atom stereocenters. The number of anilines is 2. The lowest BCUT2D eigenvalue weighted by molar-refractivity contribution is 0.337. The highest BCUT2D eigenvalue weighted by molar-refractivity contribution is 5.88. The number of hydrogen-bond donors (Lipinski definition) is 2. The molecule has 1 unspecified atom stereocenters. The van der Waals surface area contributed by atoms with Crippen molar-refractivity contribution < 1.29 is 0 Å². The molecule has 0 amide bonds. The number of nitrogen functional groups attached to an aromatic ring is 1. The number of hydrogen-bond acceptors (Lipinski definition) is 5. The Labute approximate surface area is 123 Å². The zero-order valence-electron chi connectivity index (χ0n) is 12.5. The third kappa shape index (κ3) is 2.58. The molecule has 0 radical (unpaired) electrons. The molecule has 112 valence electrons. The smallest absolute Gasteiger partial charge is 0.258 e. The van der Waals surface area contributed by atoms with E-state index in [-0.39, 0.29) is 5.56 Å². The van der Waals surface area contributed by atoms with Gasteiger partial charge in [-0.05, 0) is 39.1 Å². The summed E-state index contributed by atoms with van der Waals surface area (Å²) in [5.74, 6) is 0. The minimum atomic E-state index is -0.151. The summed E-state index contributed by atoms with van der Waals surface area (Å²) >= 11 is 0. The van der Waals surface area contributed by atoms with Gasteiger partial charge >= 0.3 is 0 Å². The fraction of sp³-hybridized carbons (Fsp3) is 0.467. The van der Waals surface area contributed by atoms with Crippen LogP contribution in [0.25, 0.3) is 10.9 Å². The first-order chi connectivity index (χ1) is 10.1. The summed E-state index contributed by atoms with van der Waals surface area (Å²) in [4.78, 5) is 23.3. The fourth-order valence-electron chi connectivity index (χ4n) is 3.10. The highest BCUT2D eigenvalue weighted by atomic mass is 16.1. The molecule has 1 aliphatic rings. The molecule has 0 spiro atoms. The molecule has 6 heteroatoms. The van der Waals surface area contributed by atoms with Gasteiger partial charge < -0.3 is 20.5 Å². The average molecular weight is 287 g/mol. The lowest BCUT2D eigenvalue weighted by Gasteiger charge is -2.31. The second-order valence-electron chi connectivity index (χ2n) is 5.82. The molecule has 1 fully saturated rings. The standard InChI is InChI=1S/C15H21N5O/c1-10-8-19(2)4-3-5-20(10)14-7-13-11(6-12(14)16)15(21)18-9-17-13/h6-7,9-10H,3-5,8,16H2,1-2H3,(H,17,18,21). The van der Waals surface area contributed by atoms with Crippen LogP contribution >= 0.6 is 0 Å². The molecule has 1 saturated heterocycles. The molecule has 2 aromatic rings. The maximum atomic E-state index is 11.8. The van der Waals surface area contributed by atoms with Crippen molar-refractivity contribution in [3.63, 3.8) is 0 Å². The number of nitrogens with zero attached hydrogens (tertiary/aromatic N) is 3. The fourth-order valence-corrected chi connectivity index (χ4v) is 3.10. The molecule has 3 N–H and O–H groups in total. The minimum absolute atomic E-state index is 0.151. The number of nitrogens with one attached hydrogen (secondary N) is 1. The predicted octanol–water partition coefficient (Wildman–Crippen LogP) is 1.04. The number of nitrogens with two attached hydrogens (primary N) is 1. The van der Waals surface area contributed by atoms with Crippen LogP contribution in [0.4, 0.5) is 11.4 Å². The topological polar surface area (TPSA) is 78.2 Å². The van der Waals surface area contributed by atoms with Crippen LogP contribution in [0.2, 0.25) is 0 Å². The zero-order chi connectivity index (χ0) is 15.0. The van der Waals surface area contributed by atoms with Gasteiger partial charge in [-0.1, -0.05) is 0 Å². The lowest BCUT2D eigenvalue weighted by atomic mass is 10.1. The molecule has 0 aliphatic carbocycles. The normalized spacial score (nSPS) is 20.7. The van der Waals surface area contributed by atoms with Gasteiger partial charge in [0.2, 0.25) is 0 Å². The number of H-pyrrole nitrogens is 1. The van der Waals surface area contributed by atoms with Gasteiger partial charge in [-0.2, -0.15) is 0 Å². The van der Waals surface area contributed by atoms with Gasteiger partial charge in [-0.25, -0.2) is 4.98 Å². The zero-order valence-corrected chi connectivity index (χ0v) is 12.5. The average Bonchev–Trinajstić information content (AvgIpc) is 2.60.